The molecule has 0 saturated heterocycles. The monoisotopic (exact) mass is 444 g/mol. The Morgan fingerprint density at radius 2 is 1.89 bits per heavy atom. The highest BCUT2D eigenvalue weighted by Gasteiger charge is 2.23. The number of hydrazone groups is 1. The fourth-order valence-corrected chi connectivity index (χ4v) is 3.40. The van der Waals surface area contributed by atoms with Crippen LogP contribution in [0.25, 0.3) is 0 Å². The summed E-state index contributed by atoms with van der Waals surface area (Å²) in [6.07, 6.45) is 2.19. The number of hydrogen-bond donors (Lipinski definition) is 1. The topological polar surface area (TPSA) is 122 Å². The molecule has 0 aliphatic heterocycles. The van der Waals surface area contributed by atoms with E-state index in [0.29, 0.717) is 5.56 Å². The van der Waals surface area contributed by atoms with Crippen LogP contribution in [0.1, 0.15) is 5.56 Å². The van der Waals surface area contributed by atoms with Gasteiger partial charge in [0, 0.05) is 12.1 Å². The molecule has 0 aromatic heterocycles. The zero-order chi connectivity index (χ0) is 20.9. The van der Waals surface area contributed by atoms with Crippen LogP contribution in [-0.4, -0.2) is 38.3 Å². The van der Waals surface area contributed by atoms with Crippen molar-refractivity contribution in [3.8, 4) is 0 Å². The lowest BCUT2D eigenvalue weighted by Gasteiger charge is -2.22. The van der Waals surface area contributed by atoms with Crippen molar-refractivity contribution < 1.29 is 18.1 Å². The summed E-state index contributed by atoms with van der Waals surface area (Å²) in [5.41, 5.74) is 2.67. The van der Waals surface area contributed by atoms with Gasteiger partial charge in [0.05, 0.1) is 33.1 Å². The van der Waals surface area contributed by atoms with Crippen LogP contribution in [-0.2, 0) is 14.8 Å². The first-order chi connectivity index (χ1) is 13.1. The van der Waals surface area contributed by atoms with Crippen molar-refractivity contribution in [3.63, 3.8) is 0 Å². The number of sulfonamides is 1. The average molecular weight is 445 g/mol. The second kappa shape index (κ2) is 9.00. The summed E-state index contributed by atoms with van der Waals surface area (Å²) in [5.74, 6) is -0.723. The van der Waals surface area contributed by atoms with Gasteiger partial charge in [-0.25, -0.2) is 13.8 Å². The quantitative estimate of drug-likeness (QED) is 0.399. The van der Waals surface area contributed by atoms with Crippen LogP contribution in [0.4, 0.5) is 11.4 Å². The van der Waals surface area contributed by atoms with E-state index < -0.39 is 27.4 Å². The van der Waals surface area contributed by atoms with E-state index in [1.807, 2.05) is 0 Å². The third-order valence-corrected chi connectivity index (χ3v) is 5.33. The van der Waals surface area contributed by atoms with Crippen molar-refractivity contribution in [2.75, 3.05) is 17.1 Å². The van der Waals surface area contributed by atoms with E-state index in [1.54, 1.807) is 0 Å². The van der Waals surface area contributed by atoms with Gasteiger partial charge in [0.1, 0.15) is 6.54 Å². The molecule has 2 aromatic rings. The Bertz CT molecular complexity index is 1030. The molecule has 9 nitrogen and oxygen atoms in total. The summed E-state index contributed by atoms with van der Waals surface area (Å²) in [6.45, 7) is -0.573. The second-order valence-electron chi connectivity index (χ2n) is 5.48. The predicted octanol–water partition coefficient (Wildman–Crippen LogP) is 2.82. The maximum Gasteiger partial charge on any atom is 0.269 e. The summed E-state index contributed by atoms with van der Waals surface area (Å²) in [4.78, 5) is 22.2. The van der Waals surface area contributed by atoms with E-state index in [1.165, 1.54) is 48.7 Å². The molecule has 0 bridgehead atoms. The number of non-ortho nitro benzene ring substituents is 1. The number of anilines is 1. The van der Waals surface area contributed by atoms with E-state index in [-0.39, 0.29) is 21.4 Å². The first kappa shape index (κ1) is 21.6. The summed E-state index contributed by atoms with van der Waals surface area (Å²) >= 11 is 12.0. The van der Waals surface area contributed by atoms with E-state index in [9.17, 15) is 23.3 Å². The van der Waals surface area contributed by atoms with Gasteiger partial charge in [0.15, 0.2) is 0 Å². The maximum absolute atomic E-state index is 12.1. The Kier molecular flexibility index (Phi) is 6.95. The predicted molar refractivity (Wildman–Crippen MR) is 107 cm³/mol. The molecule has 1 amide bonds. The molecule has 0 aliphatic rings. The number of nitrogens with one attached hydrogen (secondary N) is 1. The molecule has 0 fully saturated rings. The standard InChI is InChI=1S/C16H14Cl2N4O5S/c1-28(26,27)21(14-4-2-3-13(17)16(14)18)10-15(23)20-19-9-11-5-7-12(8-6-11)22(24)25/h2-9H,10H2,1H3,(H,20,23)/b19-9+. The first-order valence-electron chi connectivity index (χ1n) is 7.57. The molecule has 0 heterocycles. The Labute approximate surface area is 170 Å². The molecule has 2 rings (SSSR count). The van der Waals surface area contributed by atoms with Crippen LogP contribution in [0.5, 0.6) is 0 Å². The SMILES string of the molecule is CS(=O)(=O)N(CC(=O)N/N=C/c1ccc([N+](=O)[O-])cc1)c1cccc(Cl)c1Cl. The van der Waals surface area contributed by atoms with Gasteiger partial charge in [-0.1, -0.05) is 29.3 Å². The van der Waals surface area contributed by atoms with Crippen LogP contribution < -0.4 is 9.73 Å². The third-order valence-electron chi connectivity index (χ3n) is 3.39. The van der Waals surface area contributed by atoms with Crippen molar-refractivity contribution in [1.29, 1.82) is 0 Å². The Morgan fingerprint density at radius 1 is 1.25 bits per heavy atom. The Hall–Kier alpha value is -2.69. The second-order valence-corrected chi connectivity index (χ2v) is 8.18. The summed E-state index contributed by atoms with van der Waals surface area (Å²) < 4.78 is 24.9. The molecule has 0 atom stereocenters. The molecule has 12 heteroatoms. The maximum atomic E-state index is 12.1. The molecular formula is C16H14Cl2N4O5S. The Morgan fingerprint density at radius 3 is 2.46 bits per heavy atom. The number of nitro benzene ring substituents is 1. The molecular weight excluding hydrogens is 431 g/mol. The van der Waals surface area contributed by atoms with Gasteiger partial charge in [-0.2, -0.15) is 5.10 Å². The molecule has 0 unspecified atom stereocenters. The minimum Gasteiger partial charge on any atom is -0.271 e. The molecule has 1 N–H and O–H groups in total. The van der Waals surface area contributed by atoms with Crippen molar-refractivity contribution in [2.45, 2.75) is 0 Å². The molecule has 28 heavy (non-hydrogen) atoms. The fourth-order valence-electron chi connectivity index (χ4n) is 2.09. The van der Waals surface area contributed by atoms with E-state index in [0.717, 1.165) is 10.6 Å². The minimum absolute atomic E-state index is 0.00299. The zero-order valence-corrected chi connectivity index (χ0v) is 16.7. The minimum atomic E-state index is -3.83. The summed E-state index contributed by atoms with van der Waals surface area (Å²) in [5, 5.41) is 14.5. The van der Waals surface area contributed by atoms with Gasteiger partial charge >= 0.3 is 0 Å². The summed E-state index contributed by atoms with van der Waals surface area (Å²) in [7, 11) is -3.83. The van der Waals surface area contributed by atoms with Crippen LogP contribution in [0, 0.1) is 10.1 Å². The van der Waals surface area contributed by atoms with Gasteiger partial charge in [-0.3, -0.25) is 19.2 Å². The van der Waals surface area contributed by atoms with Gasteiger partial charge in [-0.05, 0) is 29.8 Å². The molecule has 0 aliphatic carbocycles. The smallest absolute Gasteiger partial charge is 0.269 e. The number of benzene rings is 2. The lowest BCUT2D eigenvalue weighted by atomic mass is 10.2. The average Bonchev–Trinajstić information content (AvgIpc) is 2.62. The van der Waals surface area contributed by atoms with Crippen LogP contribution in [0.15, 0.2) is 47.6 Å². The number of nitro groups is 1. The van der Waals surface area contributed by atoms with E-state index >= 15 is 0 Å². The fraction of sp³-hybridized carbons (Fsp3) is 0.125. The number of carbonyl (C=O) groups is 1. The van der Waals surface area contributed by atoms with Crippen molar-refractivity contribution >= 4 is 56.7 Å². The van der Waals surface area contributed by atoms with Gasteiger partial charge in [-0.15, -0.1) is 0 Å². The molecule has 148 valence electrons. The van der Waals surface area contributed by atoms with Gasteiger partial charge in [0.25, 0.3) is 11.6 Å². The lowest BCUT2D eigenvalue weighted by molar-refractivity contribution is -0.384. The molecule has 2 aromatic carbocycles. The van der Waals surface area contributed by atoms with Crippen molar-refractivity contribution in [2.24, 2.45) is 5.10 Å². The van der Waals surface area contributed by atoms with Crippen LogP contribution in [0.2, 0.25) is 10.0 Å². The lowest BCUT2D eigenvalue weighted by Crippen LogP contribution is -2.39. The number of amides is 1. The zero-order valence-electron chi connectivity index (χ0n) is 14.4. The van der Waals surface area contributed by atoms with Gasteiger partial charge < -0.3 is 0 Å². The normalized spacial score (nSPS) is 11.4. The number of rotatable bonds is 7. The van der Waals surface area contributed by atoms with Crippen LogP contribution in [0.3, 0.4) is 0 Å². The molecule has 0 radical (unpaired) electrons. The van der Waals surface area contributed by atoms with Crippen molar-refractivity contribution in [1.82, 2.24) is 5.43 Å². The van der Waals surface area contributed by atoms with E-state index in [2.05, 4.69) is 10.5 Å². The highest BCUT2D eigenvalue weighted by molar-refractivity contribution is 7.92. The number of halogens is 2. The van der Waals surface area contributed by atoms with Crippen LogP contribution >= 0.6 is 23.2 Å². The van der Waals surface area contributed by atoms with Gasteiger partial charge in [0.2, 0.25) is 10.0 Å². The number of hydrogen-bond acceptors (Lipinski definition) is 6. The first-order valence-corrected chi connectivity index (χ1v) is 10.2. The number of carbonyl (C=O) groups excluding carboxylic acids is 1. The number of nitrogens with zero attached hydrogens (tertiary/aromatic N) is 3. The van der Waals surface area contributed by atoms with E-state index in [4.69, 9.17) is 23.2 Å². The largest absolute Gasteiger partial charge is 0.271 e. The summed E-state index contributed by atoms with van der Waals surface area (Å²) in [6, 6.07) is 9.88. The molecule has 0 saturated carbocycles. The Balaban J connectivity index is 2.10. The molecule has 0 spiro atoms. The highest BCUT2D eigenvalue weighted by atomic mass is 35.5. The van der Waals surface area contributed by atoms with Crippen molar-refractivity contribution in [3.05, 3.63) is 68.2 Å². The highest BCUT2D eigenvalue weighted by Crippen LogP contribution is 2.33. The third kappa shape index (κ3) is 5.65.